The van der Waals surface area contributed by atoms with E-state index in [2.05, 4.69) is 5.32 Å². The van der Waals surface area contributed by atoms with Crippen molar-refractivity contribution in [2.24, 2.45) is 0 Å². The molecule has 0 heterocycles. The molecule has 0 aliphatic carbocycles. The molecule has 2 aromatic rings. The Balaban J connectivity index is 1.92. The normalized spacial score (nSPS) is 11.6. The molecule has 0 saturated heterocycles. The number of benzene rings is 2. The second-order valence-electron chi connectivity index (χ2n) is 5.40. The van der Waals surface area contributed by atoms with E-state index in [1.54, 1.807) is 7.11 Å². The highest BCUT2D eigenvalue weighted by molar-refractivity contribution is 5.81. The standard InChI is InChI=1S/C19H23NO3/c1-4-18(23-16-10-8-14(2)9-11-16)19(21)20-13-15-6-5-7-17(12-15)22-3/h5-12,18H,4,13H2,1-3H3,(H,20,21). The smallest absolute Gasteiger partial charge is 0.261 e. The summed E-state index contributed by atoms with van der Waals surface area (Å²) in [5, 5.41) is 2.91. The average Bonchev–Trinajstić information content (AvgIpc) is 2.59. The van der Waals surface area contributed by atoms with E-state index in [1.807, 2.05) is 62.4 Å². The zero-order chi connectivity index (χ0) is 16.7. The number of carbonyl (C=O) groups excluding carboxylic acids is 1. The van der Waals surface area contributed by atoms with Gasteiger partial charge in [-0.1, -0.05) is 36.8 Å². The molecule has 0 aromatic heterocycles. The van der Waals surface area contributed by atoms with Crippen molar-refractivity contribution in [3.63, 3.8) is 0 Å². The number of amides is 1. The maximum Gasteiger partial charge on any atom is 0.261 e. The molecular weight excluding hydrogens is 290 g/mol. The van der Waals surface area contributed by atoms with Crippen LogP contribution in [0.2, 0.25) is 0 Å². The minimum atomic E-state index is -0.497. The van der Waals surface area contributed by atoms with Gasteiger partial charge in [-0.2, -0.15) is 0 Å². The van der Waals surface area contributed by atoms with Gasteiger partial charge in [0.1, 0.15) is 11.5 Å². The topological polar surface area (TPSA) is 47.6 Å². The first-order valence-corrected chi connectivity index (χ1v) is 7.76. The van der Waals surface area contributed by atoms with Crippen molar-refractivity contribution in [3.8, 4) is 11.5 Å². The largest absolute Gasteiger partial charge is 0.497 e. The Bertz CT molecular complexity index is 637. The Morgan fingerprint density at radius 2 is 1.87 bits per heavy atom. The Labute approximate surface area is 137 Å². The molecule has 0 aliphatic heterocycles. The quantitative estimate of drug-likeness (QED) is 0.851. The summed E-state index contributed by atoms with van der Waals surface area (Å²) in [6, 6.07) is 15.3. The number of nitrogens with one attached hydrogen (secondary N) is 1. The molecule has 1 amide bonds. The molecule has 2 aromatic carbocycles. The molecule has 0 saturated carbocycles. The predicted octanol–water partition coefficient (Wildman–Crippen LogP) is 3.48. The van der Waals surface area contributed by atoms with Gasteiger partial charge < -0.3 is 14.8 Å². The number of hydrogen-bond acceptors (Lipinski definition) is 3. The van der Waals surface area contributed by atoms with Crippen LogP contribution in [0.3, 0.4) is 0 Å². The molecule has 23 heavy (non-hydrogen) atoms. The number of carbonyl (C=O) groups is 1. The number of rotatable bonds is 7. The van der Waals surface area contributed by atoms with E-state index in [-0.39, 0.29) is 5.91 Å². The van der Waals surface area contributed by atoms with Gasteiger partial charge in [-0.05, 0) is 43.2 Å². The SMILES string of the molecule is CCC(Oc1ccc(C)cc1)C(=O)NCc1cccc(OC)c1. The molecule has 2 rings (SSSR count). The Hall–Kier alpha value is -2.49. The first-order chi connectivity index (χ1) is 11.1. The maximum atomic E-state index is 12.3. The van der Waals surface area contributed by atoms with E-state index in [4.69, 9.17) is 9.47 Å². The molecule has 1 unspecified atom stereocenters. The molecule has 122 valence electrons. The van der Waals surface area contributed by atoms with Crippen LogP contribution >= 0.6 is 0 Å². The van der Waals surface area contributed by atoms with E-state index < -0.39 is 6.10 Å². The Kier molecular flexibility index (Phi) is 6.03. The van der Waals surface area contributed by atoms with Gasteiger partial charge in [0.05, 0.1) is 7.11 Å². The van der Waals surface area contributed by atoms with Crippen LogP contribution in [0.15, 0.2) is 48.5 Å². The van der Waals surface area contributed by atoms with E-state index in [0.29, 0.717) is 18.7 Å². The van der Waals surface area contributed by atoms with Crippen molar-refractivity contribution in [3.05, 3.63) is 59.7 Å². The van der Waals surface area contributed by atoms with Gasteiger partial charge >= 0.3 is 0 Å². The lowest BCUT2D eigenvalue weighted by atomic mass is 10.2. The molecular formula is C19H23NO3. The van der Waals surface area contributed by atoms with Crippen LogP contribution in [0.25, 0.3) is 0 Å². The highest BCUT2D eigenvalue weighted by atomic mass is 16.5. The van der Waals surface area contributed by atoms with Gasteiger partial charge in [0.25, 0.3) is 5.91 Å². The first-order valence-electron chi connectivity index (χ1n) is 7.76. The van der Waals surface area contributed by atoms with Crippen molar-refractivity contribution >= 4 is 5.91 Å². The maximum absolute atomic E-state index is 12.3. The van der Waals surface area contributed by atoms with Crippen molar-refractivity contribution in [1.29, 1.82) is 0 Å². The lowest BCUT2D eigenvalue weighted by molar-refractivity contribution is -0.128. The van der Waals surface area contributed by atoms with Crippen LogP contribution in [0, 0.1) is 6.92 Å². The molecule has 1 atom stereocenters. The van der Waals surface area contributed by atoms with Crippen LogP contribution in [-0.4, -0.2) is 19.1 Å². The van der Waals surface area contributed by atoms with Crippen LogP contribution in [0.1, 0.15) is 24.5 Å². The molecule has 0 fully saturated rings. The van der Waals surface area contributed by atoms with E-state index >= 15 is 0 Å². The lowest BCUT2D eigenvalue weighted by Crippen LogP contribution is -2.37. The second kappa shape index (κ2) is 8.22. The van der Waals surface area contributed by atoms with E-state index in [9.17, 15) is 4.79 Å². The van der Waals surface area contributed by atoms with E-state index in [0.717, 1.165) is 16.9 Å². The van der Waals surface area contributed by atoms with Crippen molar-refractivity contribution < 1.29 is 14.3 Å². The van der Waals surface area contributed by atoms with Gasteiger partial charge in [0.15, 0.2) is 6.10 Å². The molecule has 0 bridgehead atoms. The summed E-state index contributed by atoms with van der Waals surface area (Å²) in [7, 11) is 1.63. The third-order valence-corrected chi connectivity index (χ3v) is 3.56. The zero-order valence-corrected chi connectivity index (χ0v) is 13.8. The minimum Gasteiger partial charge on any atom is -0.497 e. The number of ether oxygens (including phenoxy) is 2. The Morgan fingerprint density at radius 3 is 2.52 bits per heavy atom. The zero-order valence-electron chi connectivity index (χ0n) is 13.8. The summed E-state index contributed by atoms with van der Waals surface area (Å²) >= 11 is 0. The summed E-state index contributed by atoms with van der Waals surface area (Å²) in [6.07, 6.45) is 0.112. The Morgan fingerprint density at radius 1 is 1.13 bits per heavy atom. The number of methoxy groups -OCH3 is 1. The van der Waals surface area contributed by atoms with Crippen molar-refractivity contribution in [1.82, 2.24) is 5.32 Å². The first kappa shape index (κ1) is 16.9. The summed E-state index contributed by atoms with van der Waals surface area (Å²) in [6.45, 7) is 4.40. The molecule has 0 aliphatic rings. The molecule has 4 heteroatoms. The third-order valence-electron chi connectivity index (χ3n) is 3.56. The van der Waals surface area contributed by atoms with Gasteiger partial charge in [-0.25, -0.2) is 0 Å². The highest BCUT2D eigenvalue weighted by Crippen LogP contribution is 2.15. The summed E-state index contributed by atoms with van der Waals surface area (Å²) in [4.78, 5) is 12.3. The van der Waals surface area contributed by atoms with Gasteiger partial charge in [0, 0.05) is 6.54 Å². The van der Waals surface area contributed by atoms with E-state index in [1.165, 1.54) is 0 Å². The lowest BCUT2D eigenvalue weighted by Gasteiger charge is -2.17. The monoisotopic (exact) mass is 313 g/mol. The van der Waals surface area contributed by atoms with Gasteiger partial charge in [-0.3, -0.25) is 4.79 Å². The third kappa shape index (κ3) is 5.02. The fourth-order valence-corrected chi connectivity index (χ4v) is 2.19. The van der Waals surface area contributed by atoms with Gasteiger partial charge in [0.2, 0.25) is 0 Å². The average molecular weight is 313 g/mol. The van der Waals surface area contributed by atoms with Crippen LogP contribution in [0.5, 0.6) is 11.5 Å². The summed E-state index contributed by atoms with van der Waals surface area (Å²) in [5.74, 6) is 1.37. The number of hydrogen-bond donors (Lipinski definition) is 1. The van der Waals surface area contributed by atoms with Crippen molar-refractivity contribution in [2.75, 3.05) is 7.11 Å². The summed E-state index contributed by atoms with van der Waals surface area (Å²) in [5.41, 5.74) is 2.15. The molecule has 4 nitrogen and oxygen atoms in total. The van der Waals surface area contributed by atoms with Crippen LogP contribution in [0.4, 0.5) is 0 Å². The predicted molar refractivity (Wildman–Crippen MR) is 90.7 cm³/mol. The number of aryl methyl sites for hydroxylation is 1. The fraction of sp³-hybridized carbons (Fsp3) is 0.316. The highest BCUT2D eigenvalue weighted by Gasteiger charge is 2.18. The molecule has 1 N–H and O–H groups in total. The van der Waals surface area contributed by atoms with Crippen LogP contribution < -0.4 is 14.8 Å². The van der Waals surface area contributed by atoms with Crippen molar-refractivity contribution in [2.45, 2.75) is 32.9 Å². The van der Waals surface area contributed by atoms with Crippen LogP contribution in [-0.2, 0) is 11.3 Å². The molecule has 0 spiro atoms. The summed E-state index contributed by atoms with van der Waals surface area (Å²) < 4.78 is 11.0. The second-order valence-corrected chi connectivity index (χ2v) is 5.40. The van der Waals surface area contributed by atoms with Gasteiger partial charge in [-0.15, -0.1) is 0 Å². The molecule has 0 radical (unpaired) electrons. The minimum absolute atomic E-state index is 0.115. The fourth-order valence-electron chi connectivity index (χ4n) is 2.19.